The van der Waals surface area contributed by atoms with Crippen molar-refractivity contribution in [1.82, 2.24) is 10.3 Å². The molecular formula is C16H24ClN3O2. The van der Waals surface area contributed by atoms with Crippen LogP contribution in [-0.2, 0) is 4.79 Å². The first-order valence-corrected chi connectivity index (χ1v) is 8.24. The highest BCUT2D eigenvalue weighted by molar-refractivity contribution is 6.32. The van der Waals surface area contributed by atoms with Gasteiger partial charge in [0, 0.05) is 18.7 Å². The Morgan fingerprint density at radius 3 is 3.09 bits per heavy atom. The van der Waals surface area contributed by atoms with Crippen molar-refractivity contribution in [3.05, 3.63) is 23.5 Å². The highest BCUT2D eigenvalue weighted by Crippen LogP contribution is 2.23. The van der Waals surface area contributed by atoms with Crippen LogP contribution in [0.1, 0.15) is 39.0 Å². The minimum atomic E-state index is -0.160. The fraction of sp³-hybridized carbons (Fsp3) is 0.625. The van der Waals surface area contributed by atoms with E-state index in [4.69, 9.17) is 11.6 Å². The van der Waals surface area contributed by atoms with Crippen LogP contribution in [0.3, 0.4) is 0 Å². The van der Waals surface area contributed by atoms with Gasteiger partial charge in [0.2, 0.25) is 5.91 Å². The molecule has 1 saturated carbocycles. The van der Waals surface area contributed by atoms with E-state index in [0.717, 1.165) is 32.2 Å². The molecule has 0 aromatic carbocycles. The third-order valence-corrected chi connectivity index (χ3v) is 4.34. The second kappa shape index (κ2) is 8.46. The van der Waals surface area contributed by atoms with Crippen LogP contribution in [0, 0.1) is 5.92 Å². The summed E-state index contributed by atoms with van der Waals surface area (Å²) in [6.07, 6.45) is 5.81. The number of pyridine rings is 1. The van der Waals surface area contributed by atoms with Crippen molar-refractivity contribution < 1.29 is 9.90 Å². The molecule has 3 N–H and O–H groups in total. The molecule has 0 aliphatic heterocycles. The average molecular weight is 326 g/mol. The molecule has 1 aliphatic rings. The number of halogens is 1. The summed E-state index contributed by atoms with van der Waals surface area (Å²) < 4.78 is 0. The Balaban J connectivity index is 1.71. The Morgan fingerprint density at radius 2 is 2.36 bits per heavy atom. The van der Waals surface area contributed by atoms with E-state index >= 15 is 0 Å². The summed E-state index contributed by atoms with van der Waals surface area (Å²) in [5.74, 6) is 0.417. The topological polar surface area (TPSA) is 74.2 Å². The van der Waals surface area contributed by atoms with Crippen molar-refractivity contribution in [2.24, 2.45) is 5.92 Å². The molecule has 0 bridgehead atoms. The number of nitrogens with one attached hydrogen (secondary N) is 2. The van der Waals surface area contributed by atoms with E-state index in [9.17, 15) is 9.90 Å². The number of rotatable bonds is 6. The first kappa shape index (κ1) is 17.2. The van der Waals surface area contributed by atoms with E-state index in [-0.39, 0.29) is 18.1 Å². The number of carbonyl (C=O) groups is 1. The Labute approximate surface area is 136 Å². The van der Waals surface area contributed by atoms with Crippen LogP contribution in [0.4, 0.5) is 5.69 Å². The molecule has 0 saturated heterocycles. The van der Waals surface area contributed by atoms with Gasteiger partial charge in [0.05, 0.1) is 11.8 Å². The molecule has 1 aromatic heterocycles. The SMILES string of the molecule is CC(CC(=O)Nc1cccnc1Cl)NCC1CCCC(O)C1. The third-order valence-electron chi connectivity index (χ3n) is 4.03. The maximum Gasteiger partial charge on any atom is 0.226 e. The number of carbonyl (C=O) groups excluding carboxylic acids is 1. The van der Waals surface area contributed by atoms with Crippen LogP contribution < -0.4 is 10.6 Å². The van der Waals surface area contributed by atoms with Gasteiger partial charge < -0.3 is 15.7 Å². The maximum absolute atomic E-state index is 12.0. The summed E-state index contributed by atoms with van der Waals surface area (Å²) in [5, 5.41) is 16.1. The third kappa shape index (κ3) is 5.55. The predicted octanol–water partition coefficient (Wildman–Crippen LogP) is 2.59. The van der Waals surface area contributed by atoms with E-state index in [2.05, 4.69) is 15.6 Å². The second-order valence-corrected chi connectivity index (χ2v) is 6.45. The first-order valence-electron chi connectivity index (χ1n) is 7.86. The van der Waals surface area contributed by atoms with Gasteiger partial charge in [-0.2, -0.15) is 0 Å². The second-order valence-electron chi connectivity index (χ2n) is 6.09. The molecule has 0 spiro atoms. The minimum absolute atomic E-state index is 0.0783. The quantitative estimate of drug-likeness (QED) is 0.703. The zero-order valence-electron chi connectivity index (χ0n) is 12.9. The summed E-state index contributed by atoms with van der Waals surface area (Å²) >= 11 is 5.92. The number of aliphatic hydroxyl groups excluding tert-OH is 1. The number of aliphatic hydroxyl groups is 1. The molecule has 5 nitrogen and oxygen atoms in total. The molecule has 122 valence electrons. The molecule has 1 aromatic rings. The van der Waals surface area contributed by atoms with Crippen molar-refractivity contribution >= 4 is 23.2 Å². The predicted molar refractivity (Wildman–Crippen MR) is 87.9 cm³/mol. The molecular weight excluding hydrogens is 302 g/mol. The lowest BCUT2D eigenvalue weighted by atomic mass is 9.87. The van der Waals surface area contributed by atoms with E-state index in [0.29, 0.717) is 23.2 Å². The fourth-order valence-corrected chi connectivity index (χ4v) is 3.01. The highest BCUT2D eigenvalue weighted by atomic mass is 35.5. The Kier molecular flexibility index (Phi) is 6.61. The molecule has 3 unspecified atom stereocenters. The number of amides is 1. The lowest BCUT2D eigenvalue weighted by Crippen LogP contribution is -2.36. The van der Waals surface area contributed by atoms with Gasteiger partial charge in [-0.25, -0.2) is 4.98 Å². The summed E-state index contributed by atoms with van der Waals surface area (Å²) in [5.41, 5.74) is 0.539. The van der Waals surface area contributed by atoms with Gasteiger partial charge in [-0.3, -0.25) is 4.79 Å². The molecule has 1 aliphatic carbocycles. The van der Waals surface area contributed by atoms with E-state index in [1.54, 1.807) is 18.3 Å². The van der Waals surface area contributed by atoms with Crippen LogP contribution in [0.15, 0.2) is 18.3 Å². The van der Waals surface area contributed by atoms with E-state index in [1.165, 1.54) is 0 Å². The Bertz CT molecular complexity index is 498. The zero-order chi connectivity index (χ0) is 15.9. The molecule has 1 heterocycles. The van der Waals surface area contributed by atoms with E-state index in [1.807, 2.05) is 6.92 Å². The Morgan fingerprint density at radius 1 is 1.55 bits per heavy atom. The summed E-state index contributed by atoms with van der Waals surface area (Å²) in [4.78, 5) is 15.9. The number of aromatic nitrogens is 1. The Hall–Kier alpha value is -1.17. The lowest BCUT2D eigenvalue weighted by molar-refractivity contribution is -0.116. The smallest absolute Gasteiger partial charge is 0.226 e. The van der Waals surface area contributed by atoms with Crippen molar-refractivity contribution in [2.75, 3.05) is 11.9 Å². The minimum Gasteiger partial charge on any atom is -0.393 e. The van der Waals surface area contributed by atoms with Crippen LogP contribution in [0.5, 0.6) is 0 Å². The van der Waals surface area contributed by atoms with Gasteiger partial charge in [0.15, 0.2) is 5.15 Å². The van der Waals surface area contributed by atoms with Crippen LogP contribution in [0.2, 0.25) is 5.15 Å². The monoisotopic (exact) mass is 325 g/mol. The van der Waals surface area contributed by atoms with Crippen LogP contribution >= 0.6 is 11.6 Å². The van der Waals surface area contributed by atoms with Crippen LogP contribution in [0.25, 0.3) is 0 Å². The molecule has 3 atom stereocenters. The van der Waals surface area contributed by atoms with Gasteiger partial charge in [0.1, 0.15) is 0 Å². The lowest BCUT2D eigenvalue weighted by Gasteiger charge is -2.27. The molecule has 6 heteroatoms. The van der Waals surface area contributed by atoms with Gasteiger partial charge in [-0.1, -0.05) is 18.0 Å². The number of nitrogens with zero attached hydrogens (tertiary/aromatic N) is 1. The fourth-order valence-electron chi connectivity index (χ4n) is 2.85. The maximum atomic E-state index is 12.0. The highest BCUT2D eigenvalue weighted by Gasteiger charge is 2.20. The van der Waals surface area contributed by atoms with E-state index < -0.39 is 0 Å². The first-order chi connectivity index (χ1) is 10.5. The summed E-state index contributed by atoms with van der Waals surface area (Å²) in [7, 11) is 0. The molecule has 1 fully saturated rings. The molecule has 22 heavy (non-hydrogen) atoms. The summed E-state index contributed by atoms with van der Waals surface area (Å²) in [6.45, 7) is 2.84. The van der Waals surface area contributed by atoms with Gasteiger partial charge in [-0.05, 0) is 50.8 Å². The van der Waals surface area contributed by atoms with Crippen molar-refractivity contribution in [2.45, 2.75) is 51.2 Å². The number of hydrogen-bond acceptors (Lipinski definition) is 4. The van der Waals surface area contributed by atoms with Crippen molar-refractivity contribution in [3.63, 3.8) is 0 Å². The number of hydrogen-bond donors (Lipinski definition) is 3. The van der Waals surface area contributed by atoms with Crippen molar-refractivity contribution in [1.29, 1.82) is 0 Å². The summed E-state index contributed by atoms with van der Waals surface area (Å²) in [6, 6.07) is 3.54. The standard InChI is InChI=1S/C16H24ClN3O2/c1-11(19-10-12-4-2-5-13(21)9-12)8-15(22)20-14-6-3-7-18-16(14)17/h3,6-7,11-13,19,21H,2,4-5,8-10H2,1H3,(H,20,22). The number of anilines is 1. The molecule has 2 rings (SSSR count). The average Bonchev–Trinajstić information content (AvgIpc) is 2.47. The van der Waals surface area contributed by atoms with Gasteiger partial charge >= 0.3 is 0 Å². The van der Waals surface area contributed by atoms with Crippen molar-refractivity contribution in [3.8, 4) is 0 Å². The zero-order valence-corrected chi connectivity index (χ0v) is 13.6. The molecule has 0 radical (unpaired) electrons. The molecule has 1 amide bonds. The normalized spacial score (nSPS) is 23.0. The largest absolute Gasteiger partial charge is 0.393 e. The van der Waals surface area contributed by atoms with Crippen LogP contribution in [-0.4, -0.2) is 34.7 Å². The van der Waals surface area contributed by atoms with Gasteiger partial charge in [0.25, 0.3) is 0 Å². The van der Waals surface area contributed by atoms with Gasteiger partial charge in [-0.15, -0.1) is 0 Å².